The van der Waals surface area contributed by atoms with Gasteiger partial charge in [-0.3, -0.25) is 4.90 Å². The molecule has 0 N–H and O–H groups in total. The van der Waals surface area contributed by atoms with E-state index in [9.17, 15) is 0 Å². The first-order chi connectivity index (χ1) is 10.6. The third kappa shape index (κ3) is 4.41. The van der Waals surface area contributed by atoms with E-state index in [1.54, 1.807) is 0 Å². The van der Waals surface area contributed by atoms with Gasteiger partial charge in [0, 0.05) is 13.2 Å². The Hall–Kier alpha value is -0.303. The minimum atomic E-state index is -1.59. The van der Waals surface area contributed by atoms with Crippen LogP contribution in [0, 0.1) is 11.5 Å². The summed E-state index contributed by atoms with van der Waals surface area (Å²) in [5.74, 6) is 3.62. The SMILES string of the molecule is COC(C)(C)[C@@H]1CCCN1CC#C[Si](C(C)C)(C(C)C)C(C)C. The fourth-order valence-electron chi connectivity index (χ4n) is 4.67. The van der Waals surface area contributed by atoms with E-state index in [2.05, 4.69) is 71.8 Å². The molecule has 23 heavy (non-hydrogen) atoms. The topological polar surface area (TPSA) is 12.5 Å². The Morgan fingerprint density at radius 2 is 1.61 bits per heavy atom. The van der Waals surface area contributed by atoms with Gasteiger partial charge in [0.25, 0.3) is 0 Å². The standard InChI is InChI=1S/C20H39NOSi/c1-16(2)23(17(3)4,18(5)6)15-11-14-21-13-10-12-19(21)20(7,8)22-9/h16-19H,10,12-14H2,1-9H3/t19-/m0/s1. The molecule has 1 atom stereocenters. The van der Waals surface area contributed by atoms with Crippen molar-refractivity contribution in [2.24, 2.45) is 0 Å². The normalized spacial score (nSPS) is 20.4. The molecular formula is C20H39NOSi. The van der Waals surface area contributed by atoms with Crippen LogP contribution in [0.4, 0.5) is 0 Å². The Bertz CT molecular complexity index is 409. The highest BCUT2D eigenvalue weighted by Crippen LogP contribution is 2.40. The van der Waals surface area contributed by atoms with Crippen molar-refractivity contribution < 1.29 is 4.74 Å². The van der Waals surface area contributed by atoms with E-state index >= 15 is 0 Å². The fraction of sp³-hybridized carbons (Fsp3) is 0.900. The molecule has 0 saturated carbocycles. The van der Waals surface area contributed by atoms with E-state index in [1.165, 1.54) is 12.8 Å². The third-order valence-corrected chi connectivity index (χ3v) is 12.5. The van der Waals surface area contributed by atoms with E-state index < -0.39 is 8.07 Å². The van der Waals surface area contributed by atoms with Crippen molar-refractivity contribution in [1.82, 2.24) is 4.90 Å². The maximum Gasteiger partial charge on any atom is 0.146 e. The number of nitrogens with zero attached hydrogens (tertiary/aromatic N) is 1. The summed E-state index contributed by atoms with van der Waals surface area (Å²) in [5, 5.41) is 0. The van der Waals surface area contributed by atoms with Gasteiger partial charge in [-0.05, 0) is 49.9 Å². The first-order valence-electron chi connectivity index (χ1n) is 9.38. The lowest BCUT2D eigenvalue weighted by molar-refractivity contribution is -0.0369. The largest absolute Gasteiger partial charge is 0.377 e. The van der Waals surface area contributed by atoms with Crippen molar-refractivity contribution in [3.63, 3.8) is 0 Å². The lowest BCUT2D eigenvalue weighted by atomic mass is 9.96. The van der Waals surface area contributed by atoms with Gasteiger partial charge in [-0.2, -0.15) is 0 Å². The zero-order valence-electron chi connectivity index (χ0n) is 17.0. The molecule has 0 aromatic carbocycles. The van der Waals surface area contributed by atoms with E-state index in [4.69, 9.17) is 4.74 Å². The van der Waals surface area contributed by atoms with Crippen LogP contribution in [0.3, 0.4) is 0 Å². The van der Waals surface area contributed by atoms with E-state index in [0.717, 1.165) is 13.1 Å². The Morgan fingerprint density at radius 3 is 2.04 bits per heavy atom. The summed E-state index contributed by atoms with van der Waals surface area (Å²) in [6, 6.07) is 0.495. The molecule has 0 radical (unpaired) electrons. The van der Waals surface area contributed by atoms with Crippen molar-refractivity contribution in [3.05, 3.63) is 0 Å². The van der Waals surface area contributed by atoms with Crippen molar-refractivity contribution >= 4 is 8.07 Å². The molecule has 0 aromatic rings. The third-order valence-electron chi connectivity index (χ3n) is 6.15. The van der Waals surface area contributed by atoms with E-state index in [-0.39, 0.29) is 5.60 Å². The number of hydrogen-bond donors (Lipinski definition) is 0. The van der Waals surface area contributed by atoms with E-state index in [1.807, 2.05) is 7.11 Å². The number of ether oxygens (including phenoxy) is 1. The van der Waals surface area contributed by atoms with Crippen molar-refractivity contribution in [3.8, 4) is 11.5 Å². The smallest absolute Gasteiger partial charge is 0.146 e. The lowest BCUT2D eigenvalue weighted by Gasteiger charge is -2.38. The van der Waals surface area contributed by atoms with Gasteiger partial charge in [0.15, 0.2) is 0 Å². The molecule has 0 bridgehead atoms. The van der Waals surface area contributed by atoms with Crippen LogP contribution in [0.25, 0.3) is 0 Å². The van der Waals surface area contributed by atoms with E-state index in [0.29, 0.717) is 22.7 Å². The van der Waals surface area contributed by atoms with Crippen molar-refractivity contribution in [2.75, 3.05) is 20.2 Å². The lowest BCUT2D eigenvalue weighted by Crippen LogP contribution is -2.47. The number of methoxy groups -OCH3 is 1. The zero-order chi connectivity index (χ0) is 17.8. The maximum absolute atomic E-state index is 5.73. The Kier molecular flexibility index (Phi) is 7.38. The second-order valence-corrected chi connectivity index (χ2v) is 14.2. The van der Waals surface area contributed by atoms with Gasteiger partial charge >= 0.3 is 0 Å². The zero-order valence-corrected chi connectivity index (χ0v) is 18.0. The highest BCUT2D eigenvalue weighted by molar-refractivity contribution is 6.90. The van der Waals surface area contributed by atoms with Gasteiger partial charge in [0.05, 0.1) is 12.1 Å². The summed E-state index contributed by atoms with van der Waals surface area (Å²) in [4.78, 5) is 2.54. The molecule has 1 saturated heterocycles. The molecular weight excluding hydrogens is 298 g/mol. The van der Waals surface area contributed by atoms with Crippen LogP contribution in [-0.2, 0) is 4.74 Å². The van der Waals surface area contributed by atoms with Gasteiger partial charge in [-0.15, -0.1) is 5.54 Å². The summed E-state index contributed by atoms with van der Waals surface area (Å²) in [7, 11) is 0.235. The average molecular weight is 338 g/mol. The second-order valence-electron chi connectivity index (χ2n) is 8.63. The Balaban J connectivity index is 2.93. The first kappa shape index (κ1) is 20.7. The maximum atomic E-state index is 5.73. The molecule has 1 heterocycles. The Morgan fingerprint density at radius 1 is 1.09 bits per heavy atom. The predicted octanol–water partition coefficient (Wildman–Crippen LogP) is 5.10. The number of hydrogen-bond acceptors (Lipinski definition) is 2. The molecule has 0 amide bonds. The molecule has 2 nitrogen and oxygen atoms in total. The quantitative estimate of drug-likeness (QED) is 0.494. The monoisotopic (exact) mass is 337 g/mol. The number of rotatable bonds is 6. The summed E-state index contributed by atoms with van der Waals surface area (Å²) in [5.41, 5.74) is 5.90. The molecule has 1 fully saturated rings. The summed E-state index contributed by atoms with van der Waals surface area (Å²) >= 11 is 0. The molecule has 0 unspecified atom stereocenters. The van der Waals surface area contributed by atoms with Crippen LogP contribution in [0.15, 0.2) is 0 Å². The van der Waals surface area contributed by atoms with Gasteiger partial charge in [0.1, 0.15) is 8.07 Å². The molecule has 0 aliphatic carbocycles. The number of likely N-dealkylation sites (tertiary alicyclic amines) is 1. The van der Waals surface area contributed by atoms with Gasteiger partial charge < -0.3 is 4.74 Å². The summed E-state index contributed by atoms with van der Waals surface area (Å²) in [6.07, 6.45) is 2.49. The van der Waals surface area contributed by atoms with Gasteiger partial charge in [-0.1, -0.05) is 47.5 Å². The summed E-state index contributed by atoms with van der Waals surface area (Å²) < 4.78 is 5.73. The Labute approximate surface area is 146 Å². The van der Waals surface area contributed by atoms with Crippen LogP contribution < -0.4 is 0 Å². The van der Waals surface area contributed by atoms with Gasteiger partial charge in [-0.25, -0.2) is 0 Å². The van der Waals surface area contributed by atoms with Crippen molar-refractivity contribution in [2.45, 2.75) is 96.5 Å². The van der Waals surface area contributed by atoms with Crippen LogP contribution in [-0.4, -0.2) is 44.8 Å². The molecule has 0 spiro atoms. The molecule has 1 aliphatic rings. The van der Waals surface area contributed by atoms with Crippen LogP contribution in [0.2, 0.25) is 16.6 Å². The van der Waals surface area contributed by atoms with Crippen LogP contribution in [0.1, 0.15) is 68.2 Å². The molecule has 1 aliphatic heterocycles. The van der Waals surface area contributed by atoms with Gasteiger partial charge in [0.2, 0.25) is 0 Å². The molecule has 3 heteroatoms. The fourth-order valence-corrected chi connectivity index (χ4v) is 9.92. The molecule has 134 valence electrons. The first-order valence-corrected chi connectivity index (χ1v) is 11.6. The predicted molar refractivity (Wildman–Crippen MR) is 105 cm³/mol. The van der Waals surface area contributed by atoms with Crippen molar-refractivity contribution in [1.29, 1.82) is 0 Å². The minimum absolute atomic E-state index is 0.0825. The highest BCUT2D eigenvalue weighted by Gasteiger charge is 2.42. The highest BCUT2D eigenvalue weighted by atomic mass is 28.3. The van der Waals surface area contributed by atoms with Crippen LogP contribution in [0.5, 0.6) is 0 Å². The average Bonchev–Trinajstić information content (AvgIpc) is 2.91. The summed E-state index contributed by atoms with van der Waals surface area (Å²) in [6.45, 7) is 20.8. The second kappa shape index (κ2) is 8.19. The molecule has 1 rings (SSSR count). The van der Waals surface area contributed by atoms with Crippen LogP contribution >= 0.6 is 0 Å². The molecule has 0 aromatic heterocycles. The minimum Gasteiger partial charge on any atom is -0.377 e.